The van der Waals surface area contributed by atoms with Gasteiger partial charge in [0.1, 0.15) is 0 Å². The molecule has 1 rings (SSSR count). The molecule has 0 unspecified atom stereocenters. The average Bonchev–Trinajstić information content (AvgIpc) is 2.47. The standard InChI is InChI=1S/C13H26N6O/c1-7-19(8-2)12-16-10(14-5)15-11(17-12)18(6)13(3,4)9-20/h20H,7-9H2,1-6H3,(H,14,15,16,17). The molecule has 0 aliphatic carbocycles. The second-order valence-electron chi connectivity index (χ2n) is 5.21. The van der Waals surface area contributed by atoms with E-state index >= 15 is 0 Å². The van der Waals surface area contributed by atoms with Gasteiger partial charge in [0.2, 0.25) is 17.8 Å². The fourth-order valence-electron chi connectivity index (χ4n) is 1.64. The number of aromatic nitrogens is 3. The zero-order valence-electron chi connectivity index (χ0n) is 13.3. The van der Waals surface area contributed by atoms with Crippen LogP contribution in [0.1, 0.15) is 27.7 Å². The van der Waals surface area contributed by atoms with Crippen LogP contribution in [0.15, 0.2) is 0 Å². The van der Waals surface area contributed by atoms with Crippen LogP contribution in [0.5, 0.6) is 0 Å². The van der Waals surface area contributed by atoms with Gasteiger partial charge in [0.05, 0.1) is 12.1 Å². The molecule has 1 aromatic heterocycles. The lowest BCUT2D eigenvalue weighted by atomic mass is 10.1. The minimum absolute atomic E-state index is 0.0185. The van der Waals surface area contributed by atoms with E-state index < -0.39 is 5.54 Å². The van der Waals surface area contributed by atoms with Gasteiger partial charge in [0.25, 0.3) is 0 Å². The first-order chi connectivity index (χ1) is 9.39. The Morgan fingerprint density at radius 2 is 1.65 bits per heavy atom. The fourth-order valence-corrected chi connectivity index (χ4v) is 1.64. The van der Waals surface area contributed by atoms with Gasteiger partial charge in [-0.1, -0.05) is 0 Å². The highest BCUT2D eigenvalue weighted by Gasteiger charge is 2.26. The second-order valence-corrected chi connectivity index (χ2v) is 5.21. The summed E-state index contributed by atoms with van der Waals surface area (Å²) in [6, 6.07) is 0. The smallest absolute Gasteiger partial charge is 0.232 e. The zero-order valence-corrected chi connectivity index (χ0v) is 13.3. The largest absolute Gasteiger partial charge is 0.394 e. The number of nitrogens with zero attached hydrogens (tertiary/aromatic N) is 5. The topological polar surface area (TPSA) is 77.4 Å². The molecule has 0 radical (unpaired) electrons. The van der Waals surface area contributed by atoms with Crippen molar-refractivity contribution in [3.05, 3.63) is 0 Å². The van der Waals surface area contributed by atoms with Gasteiger partial charge < -0.3 is 20.2 Å². The van der Waals surface area contributed by atoms with Crippen LogP contribution in [0, 0.1) is 0 Å². The summed E-state index contributed by atoms with van der Waals surface area (Å²) < 4.78 is 0. The minimum Gasteiger partial charge on any atom is -0.394 e. The molecule has 20 heavy (non-hydrogen) atoms. The van der Waals surface area contributed by atoms with Crippen LogP contribution in [0.4, 0.5) is 17.8 Å². The Kier molecular flexibility index (Phi) is 5.50. The van der Waals surface area contributed by atoms with Crippen molar-refractivity contribution in [1.29, 1.82) is 0 Å². The summed E-state index contributed by atoms with van der Waals surface area (Å²) in [4.78, 5) is 17.2. The van der Waals surface area contributed by atoms with Crippen LogP contribution in [0.25, 0.3) is 0 Å². The maximum atomic E-state index is 9.48. The molecule has 0 aliphatic rings. The number of hydrogen-bond donors (Lipinski definition) is 2. The predicted molar refractivity (Wildman–Crippen MR) is 82.5 cm³/mol. The van der Waals surface area contributed by atoms with E-state index in [2.05, 4.69) is 39.0 Å². The molecule has 0 aromatic carbocycles. The first-order valence-electron chi connectivity index (χ1n) is 6.93. The van der Waals surface area contributed by atoms with E-state index in [0.29, 0.717) is 17.8 Å². The zero-order chi connectivity index (χ0) is 15.3. The Hall–Kier alpha value is -1.63. The molecule has 0 saturated heterocycles. The van der Waals surface area contributed by atoms with Crippen LogP contribution in [-0.4, -0.2) is 59.4 Å². The molecule has 0 fully saturated rings. The molecule has 0 aliphatic heterocycles. The number of hydrogen-bond acceptors (Lipinski definition) is 7. The molecule has 1 aromatic rings. The highest BCUT2D eigenvalue weighted by molar-refractivity contribution is 5.45. The number of anilines is 3. The van der Waals surface area contributed by atoms with Crippen molar-refractivity contribution in [1.82, 2.24) is 15.0 Å². The van der Waals surface area contributed by atoms with Gasteiger partial charge in [-0.2, -0.15) is 15.0 Å². The van der Waals surface area contributed by atoms with Gasteiger partial charge in [-0.3, -0.25) is 0 Å². The van der Waals surface area contributed by atoms with Gasteiger partial charge in [0, 0.05) is 27.2 Å². The predicted octanol–water partition coefficient (Wildman–Crippen LogP) is 0.967. The molecule has 0 amide bonds. The van der Waals surface area contributed by atoms with Crippen LogP contribution in [0.2, 0.25) is 0 Å². The van der Waals surface area contributed by atoms with E-state index in [-0.39, 0.29) is 6.61 Å². The summed E-state index contributed by atoms with van der Waals surface area (Å²) in [5.74, 6) is 1.72. The van der Waals surface area contributed by atoms with Crippen LogP contribution in [-0.2, 0) is 0 Å². The van der Waals surface area contributed by atoms with Crippen molar-refractivity contribution in [2.75, 3.05) is 48.9 Å². The van der Waals surface area contributed by atoms with E-state index in [0.717, 1.165) is 13.1 Å². The van der Waals surface area contributed by atoms with E-state index in [9.17, 15) is 5.11 Å². The quantitative estimate of drug-likeness (QED) is 0.771. The summed E-state index contributed by atoms with van der Waals surface area (Å²) in [6.45, 7) is 9.68. The fraction of sp³-hybridized carbons (Fsp3) is 0.769. The van der Waals surface area contributed by atoms with Crippen molar-refractivity contribution >= 4 is 17.8 Å². The summed E-state index contributed by atoms with van der Waals surface area (Å²) in [7, 11) is 3.65. The molecule has 114 valence electrons. The molecule has 0 atom stereocenters. The first-order valence-corrected chi connectivity index (χ1v) is 6.93. The van der Waals surface area contributed by atoms with Gasteiger partial charge in [-0.05, 0) is 27.7 Å². The Balaban J connectivity index is 3.23. The van der Waals surface area contributed by atoms with Gasteiger partial charge in [-0.25, -0.2) is 0 Å². The molecule has 0 spiro atoms. The van der Waals surface area contributed by atoms with E-state index in [1.807, 2.05) is 25.8 Å². The van der Waals surface area contributed by atoms with Gasteiger partial charge in [-0.15, -0.1) is 0 Å². The third-order valence-electron chi connectivity index (χ3n) is 3.48. The molecule has 0 bridgehead atoms. The lowest BCUT2D eigenvalue weighted by Gasteiger charge is -2.34. The molecular formula is C13H26N6O. The summed E-state index contributed by atoms with van der Waals surface area (Å²) in [6.07, 6.45) is 0. The summed E-state index contributed by atoms with van der Waals surface area (Å²) in [5.41, 5.74) is -0.438. The Bertz CT molecular complexity index is 433. The number of nitrogens with one attached hydrogen (secondary N) is 1. The number of likely N-dealkylation sites (N-methyl/N-ethyl adjacent to an activating group) is 1. The third kappa shape index (κ3) is 3.47. The number of aliphatic hydroxyl groups excluding tert-OH is 1. The second kappa shape index (κ2) is 6.69. The van der Waals surface area contributed by atoms with E-state index in [1.165, 1.54) is 0 Å². The average molecular weight is 282 g/mol. The van der Waals surface area contributed by atoms with Crippen LogP contribution < -0.4 is 15.1 Å². The lowest BCUT2D eigenvalue weighted by Crippen LogP contribution is -2.45. The van der Waals surface area contributed by atoms with Crippen LogP contribution in [0.3, 0.4) is 0 Å². The normalized spacial score (nSPS) is 11.3. The minimum atomic E-state index is -0.438. The van der Waals surface area contributed by atoms with Crippen molar-refractivity contribution in [2.24, 2.45) is 0 Å². The maximum absolute atomic E-state index is 9.48. The van der Waals surface area contributed by atoms with E-state index in [4.69, 9.17) is 0 Å². The Morgan fingerprint density at radius 1 is 1.10 bits per heavy atom. The molecule has 1 heterocycles. The van der Waals surface area contributed by atoms with Gasteiger partial charge in [0.15, 0.2) is 0 Å². The molecule has 7 nitrogen and oxygen atoms in total. The molecule has 0 saturated carbocycles. The highest BCUT2D eigenvalue weighted by Crippen LogP contribution is 2.21. The lowest BCUT2D eigenvalue weighted by molar-refractivity contribution is 0.215. The maximum Gasteiger partial charge on any atom is 0.232 e. The third-order valence-corrected chi connectivity index (χ3v) is 3.48. The Labute approximate surface area is 121 Å². The number of rotatable bonds is 7. The van der Waals surface area contributed by atoms with Crippen molar-refractivity contribution < 1.29 is 5.11 Å². The molecule has 2 N–H and O–H groups in total. The van der Waals surface area contributed by atoms with Gasteiger partial charge >= 0.3 is 0 Å². The molecule has 7 heteroatoms. The first kappa shape index (κ1) is 16.4. The van der Waals surface area contributed by atoms with Crippen molar-refractivity contribution in [3.8, 4) is 0 Å². The SMILES string of the molecule is CCN(CC)c1nc(NC)nc(N(C)C(C)(C)CO)n1. The number of aliphatic hydroxyl groups is 1. The summed E-state index contributed by atoms with van der Waals surface area (Å²) >= 11 is 0. The van der Waals surface area contributed by atoms with E-state index in [1.54, 1.807) is 7.05 Å². The molecular weight excluding hydrogens is 256 g/mol. The monoisotopic (exact) mass is 282 g/mol. The highest BCUT2D eigenvalue weighted by atomic mass is 16.3. The summed E-state index contributed by atoms with van der Waals surface area (Å²) in [5, 5.41) is 12.4. The van der Waals surface area contributed by atoms with Crippen LogP contribution >= 0.6 is 0 Å². The Morgan fingerprint density at radius 3 is 2.10 bits per heavy atom. The van der Waals surface area contributed by atoms with Crippen molar-refractivity contribution in [3.63, 3.8) is 0 Å². The van der Waals surface area contributed by atoms with Crippen molar-refractivity contribution in [2.45, 2.75) is 33.2 Å².